The Bertz CT molecular complexity index is 223. The monoisotopic (exact) mass is 255 g/mol. The summed E-state index contributed by atoms with van der Waals surface area (Å²) in [7, 11) is 0. The molecule has 1 saturated carbocycles. The molecule has 106 valence electrons. The van der Waals surface area contributed by atoms with Gasteiger partial charge in [-0.15, -0.1) is 0 Å². The van der Waals surface area contributed by atoms with E-state index in [1.54, 1.807) is 6.92 Å². The maximum Gasteiger partial charge on any atom is 0.219 e. The van der Waals surface area contributed by atoms with Crippen molar-refractivity contribution in [3.63, 3.8) is 0 Å². The van der Waals surface area contributed by atoms with Crippen LogP contribution in [0, 0.1) is 5.92 Å². The fourth-order valence-corrected chi connectivity index (χ4v) is 2.74. The quantitative estimate of drug-likeness (QED) is 0.655. The molecule has 0 aromatic rings. The summed E-state index contributed by atoms with van der Waals surface area (Å²) in [5.41, 5.74) is 0. The van der Waals surface area contributed by atoms with Crippen molar-refractivity contribution in [1.29, 1.82) is 0 Å². The molecule has 2 N–H and O–H groups in total. The largest absolute Gasteiger partial charge is 0.393 e. The highest BCUT2D eigenvalue weighted by Crippen LogP contribution is 2.27. The van der Waals surface area contributed by atoms with Gasteiger partial charge in [0, 0.05) is 13.0 Å². The molecule has 0 bridgehead atoms. The van der Waals surface area contributed by atoms with Crippen molar-refractivity contribution in [2.24, 2.45) is 5.92 Å². The van der Waals surface area contributed by atoms with Crippen LogP contribution in [0.4, 0.5) is 0 Å². The summed E-state index contributed by atoms with van der Waals surface area (Å²) in [4.78, 5) is 11.6. The van der Waals surface area contributed by atoms with Crippen molar-refractivity contribution in [2.45, 2.75) is 77.2 Å². The molecular formula is C15H29NO2. The smallest absolute Gasteiger partial charge is 0.219 e. The molecule has 0 radical (unpaired) electrons. The van der Waals surface area contributed by atoms with Crippen molar-refractivity contribution in [3.8, 4) is 0 Å². The van der Waals surface area contributed by atoms with Gasteiger partial charge in [0.2, 0.25) is 5.91 Å². The van der Waals surface area contributed by atoms with Crippen LogP contribution in [-0.2, 0) is 4.79 Å². The molecule has 0 heterocycles. The van der Waals surface area contributed by atoms with E-state index in [0.717, 1.165) is 25.2 Å². The Morgan fingerprint density at radius 2 is 2.00 bits per heavy atom. The van der Waals surface area contributed by atoms with Gasteiger partial charge in [0.05, 0.1) is 6.10 Å². The molecule has 0 spiro atoms. The van der Waals surface area contributed by atoms with Crippen LogP contribution in [0.1, 0.15) is 71.1 Å². The van der Waals surface area contributed by atoms with Crippen molar-refractivity contribution in [2.75, 3.05) is 6.54 Å². The molecule has 1 rings (SSSR count). The van der Waals surface area contributed by atoms with Crippen molar-refractivity contribution in [1.82, 2.24) is 5.32 Å². The minimum absolute atomic E-state index is 0.177. The third-order valence-electron chi connectivity index (χ3n) is 3.86. The van der Waals surface area contributed by atoms with Crippen molar-refractivity contribution < 1.29 is 9.90 Å². The lowest BCUT2D eigenvalue weighted by molar-refractivity contribution is -0.121. The predicted molar refractivity (Wildman–Crippen MR) is 74.4 cm³/mol. The maximum atomic E-state index is 11.6. The first-order chi connectivity index (χ1) is 8.68. The van der Waals surface area contributed by atoms with E-state index in [-0.39, 0.29) is 12.0 Å². The third kappa shape index (κ3) is 7.70. The molecular weight excluding hydrogens is 226 g/mol. The first kappa shape index (κ1) is 15.5. The fraction of sp³-hybridized carbons (Fsp3) is 0.933. The molecule has 1 aliphatic carbocycles. The summed E-state index contributed by atoms with van der Waals surface area (Å²) < 4.78 is 0. The fourth-order valence-electron chi connectivity index (χ4n) is 2.74. The average Bonchev–Trinajstić information content (AvgIpc) is 2.36. The molecule has 1 fully saturated rings. The number of aliphatic hydroxyl groups excluding tert-OH is 1. The highest BCUT2D eigenvalue weighted by Gasteiger charge is 2.13. The van der Waals surface area contributed by atoms with Gasteiger partial charge in [0.15, 0.2) is 0 Å². The number of carbonyl (C=O) groups is 1. The first-order valence-electron chi connectivity index (χ1n) is 7.63. The standard InChI is InChI=1S/C15H29NO2/c1-13(17)7-6-12-16-15(18)11-5-10-14-8-3-2-4-9-14/h13-14,17H,2-12H2,1H3,(H,16,18). The Labute approximate surface area is 111 Å². The summed E-state index contributed by atoms with van der Waals surface area (Å²) in [6, 6.07) is 0. The van der Waals surface area contributed by atoms with E-state index in [4.69, 9.17) is 5.11 Å². The Kier molecular flexibility index (Phi) is 8.06. The lowest BCUT2D eigenvalue weighted by Gasteiger charge is -2.21. The van der Waals surface area contributed by atoms with Gasteiger partial charge < -0.3 is 10.4 Å². The number of carbonyl (C=O) groups excluding carboxylic acids is 1. The number of amides is 1. The number of rotatable bonds is 8. The topological polar surface area (TPSA) is 49.3 Å². The van der Waals surface area contributed by atoms with Gasteiger partial charge in [-0.05, 0) is 38.5 Å². The average molecular weight is 255 g/mol. The molecule has 1 unspecified atom stereocenters. The Balaban J connectivity index is 1.92. The third-order valence-corrected chi connectivity index (χ3v) is 3.86. The zero-order valence-corrected chi connectivity index (χ0v) is 11.8. The van der Waals surface area contributed by atoms with Crippen LogP contribution in [0.5, 0.6) is 0 Å². The summed E-state index contributed by atoms with van der Waals surface area (Å²) in [6.45, 7) is 2.49. The van der Waals surface area contributed by atoms with E-state index < -0.39 is 0 Å². The molecule has 1 atom stereocenters. The molecule has 18 heavy (non-hydrogen) atoms. The highest BCUT2D eigenvalue weighted by molar-refractivity contribution is 5.75. The Morgan fingerprint density at radius 1 is 1.28 bits per heavy atom. The van der Waals surface area contributed by atoms with E-state index in [1.807, 2.05) is 0 Å². The minimum Gasteiger partial charge on any atom is -0.393 e. The van der Waals surface area contributed by atoms with Crippen LogP contribution in [0.2, 0.25) is 0 Å². The SMILES string of the molecule is CC(O)CCCNC(=O)CCCC1CCCCC1. The van der Waals surface area contributed by atoms with Crippen LogP contribution in [0.15, 0.2) is 0 Å². The molecule has 0 aliphatic heterocycles. The molecule has 1 amide bonds. The van der Waals surface area contributed by atoms with Gasteiger partial charge in [0.1, 0.15) is 0 Å². The van der Waals surface area contributed by atoms with Crippen LogP contribution >= 0.6 is 0 Å². The first-order valence-corrected chi connectivity index (χ1v) is 7.63. The van der Waals surface area contributed by atoms with E-state index >= 15 is 0 Å². The summed E-state index contributed by atoms with van der Waals surface area (Å²) in [5.74, 6) is 1.05. The van der Waals surface area contributed by atoms with Gasteiger partial charge in [-0.2, -0.15) is 0 Å². The maximum absolute atomic E-state index is 11.6. The van der Waals surface area contributed by atoms with Gasteiger partial charge in [-0.1, -0.05) is 32.1 Å². The Morgan fingerprint density at radius 3 is 2.67 bits per heavy atom. The number of hydrogen-bond donors (Lipinski definition) is 2. The number of nitrogens with one attached hydrogen (secondary N) is 1. The molecule has 0 aromatic carbocycles. The molecule has 0 aromatic heterocycles. The summed E-state index contributed by atoms with van der Waals surface area (Å²) in [5, 5.41) is 12.0. The van der Waals surface area contributed by atoms with Gasteiger partial charge in [-0.25, -0.2) is 0 Å². The zero-order chi connectivity index (χ0) is 13.2. The van der Waals surface area contributed by atoms with Crippen molar-refractivity contribution >= 4 is 5.91 Å². The summed E-state index contributed by atoms with van der Waals surface area (Å²) in [6.07, 6.45) is 11.2. The normalized spacial score (nSPS) is 18.6. The highest BCUT2D eigenvalue weighted by atomic mass is 16.3. The van der Waals surface area contributed by atoms with E-state index in [2.05, 4.69) is 5.32 Å². The minimum atomic E-state index is -0.256. The number of hydrogen-bond acceptors (Lipinski definition) is 2. The second-order valence-electron chi connectivity index (χ2n) is 5.74. The van der Waals surface area contributed by atoms with E-state index in [9.17, 15) is 4.79 Å². The number of aliphatic hydroxyl groups is 1. The van der Waals surface area contributed by atoms with E-state index in [0.29, 0.717) is 13.0 Å². The second-order valence-corrected chi connectivity index (χ2v) is 5.74. The summed E-state index contributed by atoms with van der Waals surface area (Å²) >= 11 is 0. The van der Waals surface area contributed by atoms with Crippen LogP contribution in [-0.4, -0.2) is 23.7 Å². The molecule has 3 nitrogen and oxygen atoms in total. The van der Waals surface area contributed by atoms with Crippen molar-refractivity contribution in [3.05, 3.63) is 0 Å². The van der Waals surface area contributed by atoms with Crippen LogP contribution in [0.3, 0.4) is 0 Å². The van der Waals surface area contributed by atoms with Crippen LogP contribution in [0.25, 0.3) is 0 Å². The van der Waals surface area contributed by atoms with E-state index in [1.165, 1.54) is 38.5 Å². The lowest BCUT2D eigenvalue weighted by atomic mass is 9.86. The van der Waals surface area contributed by atoms with Gasteiger partial charge in [-0.3, -0.25) is 4.79 Å². The zero-order valence-electron chi connectivity index (χ0n) is 11.8. The molecule has 3 heteroatoms. The second kappa shape index (κ2) is 9.37. The lowest BCUT2D eigenvalue weighted by Crippen LogP contribution is -2.24. The van der Waals surface area contributed by atoms with Gasteiger partial charge >= 0.3 is 0 Å². The van der Waals surface area contributed by atoms with Crippen LogP contribution < -0.4 is 5.32 Å². The predicted octanol–water partition coefficient (Wildman–Crippen LogP) is 3.01. The molecule has 1 aliphatic rings. The molecule has 0 saturated heterocycles. The Hall–Kier alpha value is -0.570. The van der Waals surface area contributed by atoms with Gasteiger partial charge in [0.25, 0.3) is 0 Å².